The van der Waals surface area contributed by atoms with Crippen molar-refractivity contribution in [3.05, 3.63) is 71.7 Å². The number of anilines is 2. The number of nitrogens with one attached hydrogen (secondary N) is 2. The van der Waals surface area contributed by atoms with Crippen LogP contribution in [0, 0.1) is 0 Å². The number of ether oxygens (including phenoxy) is 2. The highest BCUT2D eigenvalue weighted by Gasteiger charge is 2.34. The first-order chi connectivity index (χ1) is 15.3. The van der Waals surface area contributed by atoms with Gasteiger partial charge >= 0.3 is 6.18 Å². The maximum Gasteiger partial charge on any atom is 0.418 e. The maximum absolute atomic E-state index is 13.6. The van der Waals surface area contributed by atoms with Crippen LogP contribution in [0.3, 0.4) is 0 Å². The molecule has 0 bridgehead atoms. The molecule has 166 valence electrons. The third-order valence-corrected chi connectivity index (χ3v) is 4.57. The van der Waals surface area contributed by atoms with E-state index < -0.39 is 29.2 Å². The summed E-state index contributed by atoms with van der Waals surface area (Å²) in [5, 5.41) is 4.63. The molecule has 0 atom stereocenters. The van der Waals surface area contributed by atoms with E-state index in [1.165, 1.54) is 24.5 Å². The summed E-state index contributed by atoms with van der Waals surface area (Å²) in [4.78, 5) is 24.4. The zero-order chi connectivity index (χ0) is 22.7. The number of amides is 2. The fraction of sp³-hybridized carbons (Fsp3) is 0.182. The molecule has 32 heavy (non-hydrogen) atoms. The topological polar surface area (TPSA) is 89.8 Å². The number of benzene rings is 2. The molecule has 1 aromatic heterocycles. The molecule has 3 aromatic rings. The SMILES string of the molecule is O=C(Cc1ccc2c(c1)OCCO2)Nc1ccc(NC(=O)c2ccco2)cc1C(F)(F)F. The smallest absolute Gasteiger partial charge is 0.418 e. The summed E-state index contributed by atoms with van der Waals surface area (Å²) in [7, 11) is 0. The van der Waals surface area contributed by atoms with Gasteiger partial charge in [0, 0.05) is 5.69 Å². The molecule has 2 heterocycles. The fourth-order valence-corrected chi connectivity index (χ4v) is 3.14. The highest BCUT2D eigenvalue weighted by atomic mass is 19.4. The summed E-state index contributed by atoms with van der Waals surface area (Å²) in [5.74, 6) is -0.352. The average Bonchev–Trinajstić information content (AvgIpc) is 3.29. The van der Waals surface area contributed by atoms with E-state index in [1.807, 2.05) is 0 Å². The van der Waals surface area contributed by atoms with Gasteiger partial charge in [0.25, 0.3) is 5.91 Å². The molecule has 2 amide bonds. The minimum atomic E-state index is -4.76. The van der Waals surface area contributed by atoms with Crippen LogP contribution in [-0.2, 0) is 17.4 Å². The van der Waals surface area contributed by atoms with E-state index in [0.717, 1.165) is 12.1 Å². The minimum Gasteiger partial charge on any atom is -0.486 e. The van der Waals surface area contributed by atoms with Gasteiger partial charge in [-0.1, -0.05) is 6.07 Å². The Balaban J connectivity index is 1.49. The molecule has 10 heteroatoms. The third-order valence-electron chi connectivity index (χ3n) is 4.57. The van der Waals surface area contributed by atoms with Crippen molar-refractivity contribution in [2.75, 3.05) is 23.8 Å². The number of carbonyl (C=O) groups is 2. The van der Waals surface area contributed by atoms with Gasteiger partial charge < -0.3 is 24.5 Å². The summed E-state index contributed by atoms with van der Waals surface area (Å²) >= 11 is 0. The first kappa shape index (κ1) is 21.3. The molecule has 1 aliphatic heterocycles. The van der Waals surface area contributed by atoms with Crippen LogP contribution in [0.15, 0.2) is 59.2 Å². The zero-order valence-corrected chi connectivity index (χ0v) is 16.5. The van der Waals surface area contributed by atoms with Gasteiger partial charge in [-0.3, -0.25) is 9.59 Å². The molecule has 0 radical (unpaired) electrons. The predicted octanol–water partition coefficient (Wildman–Crippen LogP) is 4.50. The molecule has 1 aliphatic rings. The van der Waals surface area contributed by atoms with E-state index in [4.69, 9.17) is 13.9 Å². The molecule has 2 N–H and O–H groups in total. The summed E-state index contributed by atoms with van der Waals surface area (Å²) in [6.07, 6.45) is -3.65. The Kier molecular flexibility index (Phi) is 5.76. The number of fused-ring (bicyclic) bond motifs is 1. The van der Waals surface area contributed by atoms with Crippen molar-refractivity contribution < 1.29 is 36.7 Å². The first-order valence-corrected chi connectivity index (χ1v) is 9.54. The molecular weight excluding hydrogens is 429 g/mol. The number of furan rings is 1. The number of halogens is 3. The van der Waals surface area contributed by atoms with Gasteiger partial charge in [0.1, 0.15) is 13.2 Å². The highest BCUT2D eigenvalue weighted by molar-refractivity contribution is 6.02. The van der Waals surface area contributed by atoms with Crippen LogP contribution < -0.4 is 20.1 Å². The second kappa shape index (κ2) is 8.66. The van der Waals surface area contributed by atoms with Crippen molar-refractivity contribution in [2.24, 2.45) is 0 Å². The molecule has 2 aromatic carbocycles. The van der Waals surface area contributed by atoms with Crippen molar-refractivity contribution in [2.45, 2.75) is 12.6 Å². The normalized spacial score (nSPS) is 12.8. The molecule has 0 saturated carbocycles. The Hall–Kier alpha value is -3.95. The monoisotopic (exact) mass is 446 g/mol. The summed E-state index contributed by atoms with van der Waals surface area (Å²) in [6.45, 7) is 0.797. The molecule has 0 saturated heterocycles. The van der Waals surface area contributed by atoms with Crippen molar-refractivity contribution in [3.63, 3.8) is 0 Å². The van der Waals surface area contributed by atoms with Crippen LogP contribution in [0.1, 0.15) is 21.7 Å². The van der Waals surface area contributed by atoms with E-state index in [2.05, 4.69) is 10.6 Å². The molecule has 0 aliphatic carbocycles. The lowest BCUT2D eigenvalue weighted by Gasteiger charge is -2.19. The summed E-state index contributed by atoms with van der Waals surface area (Å²) in [5.41, 5.74) is -1.05. The summed E-state index contributed by atoms with van der Waals surface area (Å²) < 4.78 is 56.6. The highest BCUT2D eigenvalue weighted by Crippen LogP contribution is 2.37. The van der Waals surface area contributed by atoms with Crippen LogP contribution >= 0.6 is 0 Å². The van der Waals surface area contributed by atoms with Crippen LogP contribution in [0.5, 0.6) is 11.5 Å². The molecular formula is C22H17F3N2O5. The zero-order valence-electron chi connectivity index (χ0n) is 16.5. The Morgan fingerprint density at radius 3 is 2.44 bits per heavy atom. The van der Waals surface area contributed by atoms with E-state index in [0.29, 0.717) is 30.3 Å². The molecule has 7 nitrogen and oxygen atoms in total. The number of hydrogen-bond donors (Lipinski definition) is 2. The molecule has 0 fully saturated rings. The Labute approximate surface area is 180 Å². The lowest BCUT2D eigenvalue weighted by atomic mass is 10.1. The minimum absolute atomic E-state index is 0.0460. The number of alkyl halides is 3. The predicted molar refractivity (Wildman–Crippen MR) is 108 cm³/mol. The van der Waals surface area contributed by atoms with Gasteiger partial charge in [-0.2, -0.15) is 13.2 Å². The van der Waals surface area contributed by atoms with E-state index in [-0.39, 0.29) is 17.9 Å². The largest absolute Gasteiger partial charge is 0.486 e. The van der Waals surface area contributed by atoms with Gasteiger partial charge in [0.15, 0.2) is 17.3 Å². The Morgan fingerprint density at radius 1 is 0.938 bits per heavy atom. The van der Waals surface area contributed by atoms with Gasteiger partial charge in [-0.25, -0.2) is 0 Å². The van der Waals surface area contributed by atoms with Crippen molar-refractivity contribution in [1.29, 1.82) is 0 Å². The van der Waals surface area contributed by atoms with Crippen molar-refractivity contribution in [3.8, 4) is 11.5 Å². The molecule has 4 rings (SSSR count). The second-order valence-corrected chi connectivity index (χ2v) is 6.89. The molecule has 0 unspecified atom stereocenters. The first-order valence-electron chi connectivity index (χ1n) is 9.54. The lowest BCUT2D eigenvalue weighted by molar-refractivity contribution is -0.136. The van der Waals surface area contributed by atoms with Crippen LogP contribution in [0.2, 0.25) is 0 Å². The summed E-state index contributed by atoms with van der Waals surface area (Å²) in [6, 6.07) is 10.9. The number of rotatable bonds is 5. The van der Waals surface area contributed by atoms with Crippen molar-refractivity contribution in [1.82, 2.24) is 0 Å². The standard InChI is InChI=1S/C22H17F3N2O5/c23-22(24,25)15-12-14(26-21(29)18-2-1-7-30-18)4-5-16(15)27-20(28)11-13-3-6-17-19(10-13)32-9-8-31-17/h1-7,10,12H,8-9,11H2,(H,26,29)(H,27,28). The van der Waals surface area contributed by atoms with Gasteiger partial charge in [-0.05, 0) is 48.0 Å². The second-order valence-electron chi connectivity index (χ2n) is 6.89. The fourth-order valence-electron chi connectivity index (χ4n) is 3.14. The Morgan fingerprint density at radius 2 is 1.72 bits per heavy atom. The van der Waals surface area contributed by atoms with E-state index in [1.54, 1.807) is 18.2 Å². The van der Waals surface area contributed by atoms with E-state index in [9.17, 15) is 22.8 Å². The van der Waals surface area contributed by atoms with Gasteiger partial charge in [0.2, 0.25) is 5.91 Å². The van der Waals surface area contributed by atoms with E-state index >= 15 is 0 Å². The van der Waals surface area contributed by atoms with Gasteiger partial charge in [0.05, 0.1) is 23.9 Å². The molecule has 0 spiro atoms. The van der Waals surface area contributed by atoms with Crippen LogP contribution in [0.25, 0.3) is 0 Å². The quantitative estimate of drug-likeness (QED) is 0.602. The maximum atomic E-state index is 13.6. The average molecular weight is 446 g/mol. The van der Waals surface area contributed by atoms with Crippen LogP contribution in [0.4, 0.5) is 24.5 Å². The van der Waals surface area contributed by atoms with Crippen molar-refractivity contribution >= 4 is 23.2 Å². The Bertz CT molecular complexity index is 1140. The van der Waals surface area contributed by atoms with Gasteiger partial charge in [-0.15, -0.1) is 0 Å². The third kappa shape index (κ3) is 4.85. The number of hydrogen-bond acceptors (Lipinski definition) is 5. The lowest BCUT2D eigenvalue weighted by Crippen LogP contribution is -2.19. The van der Waals surface area contributed by atoms with Crippen LogP contribution in [-0.4, -0.2) is 25.0 Å². The number of carbonyl (C=O) groups excluding carboxylic acids is 2.